The molecule has 12 atom stereocenters. The van der Waals surface area contributed by atoms with Crippen molar-refractivity contribution in [3.05, 3.63) is 0 Å². The molecule has 0 aromatic heterocycles. The Morgan fingerprint density at radius 2 is 1.81 bits per heavy atom. The van der Waals surface area contributed by atoms with Gasteiger partial charge >= 0.3 is 5.97 Å². The summed E-state index contributed by atoms with van der Waals surface area (Å²) in [5, 5.41) is 62.0. The van der Waals surface area contributed by atoms with Crippen molar-refractivity contribution in [2.75, 3.05) is 13.2 Å². The van der Waals surface area contributed by atoms with Crippen LogP contribution in [0.5, 0.6) is 0 Å². The van der Waals surface area contributed by atoms with Gasteiger partial charge in [-0.25, -0.2) is 0 Å². The topological polar surface area (TPSA) is 166 Å². The second-order valence-corrected chi connectivity index (χ2v) is 10.1. The highest BCUT2D eigenvalue weighted by Crippen LogP contribution is 2.64. The lowest BCUT2D eigenvalue weighted by Crippen LogP contribution is -2.66. The first-order valence-electron chi connectivity index (χ1n) is 11.0. The van der Waals surface area contributed by atoms with E-state index in [0.717, 1.165) is 0 Å². The van der Waals surface area contributed by atoms with Crippen LogP contribution in [0.4, 0.5) is 0 Å². The van der Waals surface area contributed by atoms with E-state index in [0.29, 0.717) is 12.8 Å². The van der Waals surface area contributed by atoms with Crippen molar-refractivity contribution < 1.29 is 49.6 Å². The fourth-order valence-corrected chi connectivity index (χ4v) is 6.45. The number of carbonyl (C=O) groups excluding carboxylic acids is 1. The lowest BCUT2D eigenvalue weighted by molar-refractivity contribution is -0.306. The minimum Gasteiger partial charge on any atom is -0.456 e. The molecule has 2 saturated carbocycles. The maximum atomic E-state index is 12.6. The summed E-state index contributed by atoms with van der Waals surface area (Å²) in [6.07, 6.45) is -7.76. The number of aliphatic hydroxyl groups is 6. The number of esters is 1. The smallest absolute Gasteiger partial charge is 0.312 e. The Morgan fingerprint density at radius 3 is 2.42 bits per heavy atom. The minimum atomic E-state index is -1.54. The first-order chi connectivity index (χ1) is 14.5. The predicted octanol–water partition coefficient (Wildman–Crippen LogP) is -1.86. The van der Waals surface area contributed by atoms with E-state index in [1.807, 2.05) is 20.8 Å². The highest BCUT2D eigenvalue weighted by atomic mass is 16.7. The van der Waals surface area contributed by atoms with Crippen LogP contribution < -0.4 is 0 Å². The summed E-state index contributed by atoms with van der Waals surface area (Å²) in [5.41, 5.74) is -2.20. The number of carbonyl (C=O) groups is 1. The first-order valence-corrected chi connectivity index (χ1v) is 11.0. The maximum absolute atomic E-state index is 12.6. The summed E-state index contributed by atoms with van der Waals surface area (Å²) >= 11 is 0. The molecule has 0 aromatic rings. The SMILES string of the molecule is CC(C)C1(O)C2OC(=O)C1C1CCC(COC3OC(CO)C(O)C(O)C3O)C1(C)C2O. The van der Waals surface area contributed by atoms with E-state index in [9.17, 15) is 35.4 Å². The largest absolute Gasteiger partial charge is 0.456 e. The van der Waals surface area contributed by atoms with Gasteiger partial charge in [-0.15, -0.1) is 0 Å². The van der Waals surface area contributed by atoms with E-state index in [-0.39, 0.29) is 24.4 Å². The van der Waals surface area contributed by atoms with Crippen molar-refractivity contribution in [1.29, 1.82) is 0 Å². The van der Waals surface area contributed by atoms with E-state index in [4.69, 9.17) is 14.2 Å². The van der Waals surface area contributed by atoms with Gasteiger partial charge in [0.15, 0.2) is 12.4 Å². The second kappa shape index (κ2) is 7.88. The fraction of sp³-hybridized carbons (Fsp3) is 0.952. The molecular weight excluding hydrogens is 412 g/mol. The number of rotatable bonds is 5. The van der Waals surface area contributed by atoms with Crippen LogP contribution in [-0.4, -0.2) is 98.3 Å². The Morgan fingerprint density at radius 1 is 1.13 bits per heavy atom. The van der Waals surface area contributed by atoms with E-state index >= 15 is 0 Å². The Balaban J connectivity index is 1.52. The molecule has 2 aliphatic carbocycles. The van der Waals surface area contributed by atoms with E-state index in [2.05, 4.69) is 0 Å². The van der Waals surface area contributed by atoms with Crippen LogP contribution in [0.15, 0.2) is 0 Å². The monoisotopic (exact) mass is 446 g/mol. The molecule has 4 fully saturated rings. The van der Waals surface area contributed by atoms with Gasteiger partial charge < -0.3 is 44.8 Å². The molecule has 0 amide bonds. The predicted molar refractivity (Wildman–Crippen MR) is 103 cm³/mol. The number of fused-ring (bicyclic) bond motifs is 4. The molecule has 0 aromatic carbocycles. The molecule has 10 nitrogen and oxygen atoms in total. The molecule has 12 unspecified atom stereocenters. The number of hydrogen-bond donors (Lipinski definition) is 6. The van der Waals surface area contributed by atoms with Crippen molar-refractivity contribution in [3.8, 4) is 0 Å². The molecule has 6 N–H and O–H groups in total. The molecule has 4 aliphatic rings. The number of hydrogen-bond acceptors (Lipinski definition) is 10. The van der Waals surface area contributed by atoms with Crippen molar-refractivity contribution in [1.82, 2.24) is 0 Å². The lowest BCUT2D eigenvalue weighted by Gasteiger charge is -2.53. The van der Waals surface area contributed by atoms with Crippen molar-refractivity contribution in [2.24, 2.45) is 29.1 Å². The summed E-state index contributed by atoms with van der Waals surface area (Å²) in [5.74, 6) is -2.02. The van der Waals surface area contributed by atoms with Crippen LogP contribution in [0.2, 0.25) is 0 Å². The van der Waals surface area contributed by atoms with Gasteiger partial charge in [0.25, 0.3) is 0 Å². The summed E-state index contributed by atoms with van der Waals surface area (Å²) in [7, 11) is 0. The van der Waals surface area contributed by atoms with Gasteiger partial charge in [0, 0.05) is 5.41 Å². The normalized spacial score (nSPS) is 54.2. The average molecular weight is 446 g/mol. The number of aliphatic hydroxyl groups excluding tert-OH is 5. The molecule has 0 radical (unpaired) electrons. The quantitative estimate of drug-likeness (QED) is 0.264. The Bertz CT molecular complexity index is 700. The van der Waals surface area contributed by atoms with Crippen LogP contribution in [0.25, 0.3) is 0 Å². The second-order valence-electron chi connectivity index (χ2n) is 10.1. The zero-order chi connectivity index (χ0) is 22.9. The van der Waals surface area contributed by atoms with Gasteiger partial charge in [-0.1, -0.05) is 20.8 Å². The Kier molecular flexibility index (Phi) is 5.92. The third-order valence-corrected chi connectivity index (χ3v) is 8.52. The molecule has 2 heterocycles. The van der Waals surface area contributed by atoms with Crippen molar-refractivity contribution >= 4 is 5.97 Å². The van der Waals surface area contributed by atoms with Gasteiger partial charge in [-0.05, 0) is 30.6 Å². The lowest BCUT2D eigenvalue weighted by atomic mass is 9.53. The molecule has 31 heavy (non-hydrogen) atoms. The Labute approximate surface area is 180 Å². The van der Waals surface area contributed by atoms with E-state index in [1.54, 1.807) is 0 Å². The third-order valence-electron chi connectivity index (χ3n) is 8.52. The minimum absolute atomic E-state index is 0.0560. The summed E-state index contributed by atoms with van der Waals surface area (Å²) in [4.78, 5) is 12.6. The molecular formula is C21H34O10. The zero-order valence-electron chi connectivity index (χ0n) is 18.0. The fourth-order valence-electron chi connectivity index (χ4n) is 6.45. The summed E-state index contributed by atoms with van der Waals surface area (Å²) < 4.78 is 16.6. The zero-order valence-corrected chi connectivity index (χ0v) is 18.0. The summed E-state index contributed by atoms with van der Waals surface area (Å²) in [6, 6.07) is 0. The van der Waals surface area contributed by atoms with Gasteiger partial charge in [0.1, 0.15) is 30.0 Å². The van der Waals surface area contributed by atoms with Gasteiger partial charge in [-0.3, -0.25) is 4.79 Å². The van der Waals surface area contributed by atoms with Crippen LogP contribution in [0, 0.1) is 29.1 Å². The maximum Gasteiger partial charge on any atom is 0.312 e. The molecule has 4 rings (SSSR count). The molecule has 2 bridgehead atoms. The van der Waals surface area contributed by atoms with Gasteiger partial charge in [0.05, 0.1) is 25.2 Å². The average Bonchev–Trinajstić information content (AvgIpc) is 3.17. The van der Waals surface area contributed by atoms with Crippen LogP contribution >= 0.6 is 0 Å². The van der Waals surface area contributed by atoms with Gasteiger partial charge in [0.2, 0.25) is 0 Å². The molecule has 0 spiro atoms. The first kappa shape index (κ1) is 23.3. The molecule has 2 saturated heterocycles. The van der Waals surface area contributed by atoms with Crippen LogP contribution in [-0.2, 0) is 19.0 Å². The summed E-state index contributed by atoms with van der Waals surface area (Å²) in [6.45, 7) is 5.00. The molecule has 10 heteroatoms. The Hall–Kier alpha value is -0.850. The van der Waals surface area contributed by atoms with Crippen LogP contribution in [0.3, 0.4) is 0 Å². The van der Waals surface area contributed by atoms with Crippen LogP contribution in [0.1, 0.15) is 33.6 Å². The highest BCUT2D eigenvalue weighted by molar-refractivity contribution is 5.78. The molecule has 2 aliphatic heterocycles. The standard InChI is InChI=1S/C21H34O10/c1-8(2)21(28)12-10-5-4-9(20(10,3)16(26)17(21)31-18(12)27)7-29-19-15(25)14(24)13(23)11(6-22)30-19/h8-17,19,22-26,28H,4-7H2,1-3H3. The van der Waals surface area contributed by atoms with Crippen molar-refractivity contribution in [3.63, 3.8) is 0 Å². The number of ether oxygens (including phenoxy) is 3. The van der Waals surface area contributed by atoms with E-state index in [1.165, 1.54) is 0 Å². The molecule has 178 valence electrons. The van der Waals surface area contributed by atoms with Gasteiger partial charge in [-0.2, -0.15) is 0 Å². The highest BCUT2D eigenvalue weighted by Gasteiger charge is 2.74. The van der Waals surface area contributed by atoms with E-state index < -0.39 is 72.4 Å². The van der Waals surface area contributed by atoms with Crippen molar-refractivity contribution in [2.45, 2.75) is 82.1 Å². The third kappa shape index (κ3) is 3.11.